The number of rotatable bonds is 6. The van der Waals surface area contributed by atoms with Crippen LogP contribution in [-0.2, 0) is 10.0 Å². The normalized spacial score (nSPS) is 22.3. The summed E-state index contributed by atoms with van der Waals surface area (Å²) in [6.45, 7) is 10.7. The summed E-state index contributed by atoms with van der Waals surface area (Å²) in [6.07, 6.45) is 0.967. The first-order valence-electron chi connectivity index (χ1n) is 6.41. The van der Waals surface area contributed by atoms with Crippen molar-refractivity contribution < 1.29 is 8.42 Å². The molecule has 1 rings (SSSR count). The molecule has 0 spiro atoms. The summed E-state index contributed by atoms with van der Waals surface area (Å²) in [5.74, 6) is 0.988. The molecule has 0 amide bonds. The lowest BCUT2D eigenvalue weighted by Crippen LogP contribution is -2.39. The van der Waals surface area contributed by atoms with E-state index in [1.807, 2.05) is 0 Å². The Balaban J connectivity index is 2.44. The van der Waals surface area contributed by atoms with Gasteiger partial charge in [-0.15, -0.1) is 0 Å². The molecule has 1 aliphatic rings. The molecule has 1 fully saturated rings. The zero-order chi connectivity index (χ0) is 13.1. The van der Waals surface area contributed by atoms with Crippen LogP contribution in [0.15, 0.2) is 0 Å². The van der Waals surface area contributed by atoms with Gasteiger partial charge in [-0.2, -0.15) is 0 Å². The Hall–Kier alpha value is -0.130. The summed E-state index contributed by atoms with van der Waals surface area (Å²) in [5.41, 5.74) is 0.000988. The van der Waals surface area contributed by atoms with Crippen molar-refractivity contribution in [3.05, 3.63) is 0 Å². The molecule has 5 heteroatoms. The number of hydrogen-bond acceptors (Lipinski definition) is 3. The summed E-state index contributed by atoms with van der Waals surface area (Å²) in [5, 5.41) is 3.19. The first-order valence-corrected chi connectivity index (χ1v) is 8.06. The Morgan fingerprint density at radius 2 is 2.06 bits per heavy atom. The predicted octanol–water partition coefficient (Wildman–Crippen LogP) is 1.20. The third-order valence-electron chi connectivity index (χ3n) is 3.93. The maximum Gasteiger partial charge on any atom is 0.211 e. The highest BCUT2D eigenvalue weighted by Crippen LogP contribution is 2.25. The second-order valence-electron chi connectivity index (χ2n) is 6.10. The SMILES string of the molecule is CC(C)C(C)(C)CNS(=O)(=O)CC1CCNC1. The van der Waals surface area contributed by atoms with Crippen LogP contribution in [0.5, 0.6) is 0 Å². The Morgan fingerprint density at radius 1 is 1.41 bits per heavy atom. The van der Waals surface area contributed by atoms with Crippen LogP contribution >= 0.6 is 0 Å². The second kappa shape index (κ2) is 5.67. The van der Waals surface area contributed by atoms with Crippen molar-refractivity contribution in [1.29, 1.82) is 0 Å². The summed E-state index contributed by atoms with van der Waals surface area (Å²) in [7, 11) is -3.12. The highest BCUT2D eigenvalue weighted by atomic mass is 32.2. The summed E-state index contributed by atoms with van der Waals surface area (Å²) in [6, 6.07) is 0. The zero-order valence-electron chi connectivity index (χ0n) is 11.4. The minimum Gasteiger partial charge on any atom is -0.316 e. The van der Waals surface area contributed by atoms with Crippen molar-refractivity contribution in [2.45, 2.75) is 34.1 Å². The van der Waals surface area contributed by atoms with E-state index < -0.39 is 10.0 Å². The van der Waals surface area contributed by atoms with Gasteiger partial charge in [0.25, 0.3) is 0 Å². The van der Waals surface area contributed by atoms with E-state index in [-0.39, 0.29) is 17.1 Å². The molecule has 0 saturated carbocycles. The van der Waals surface area contributed by atoms with Crippen LogP contribution in [0.2, 0.25) is 0 Å². The lowest BCUT2D eigenvalue weighted by Gasteiger charge is -2.29. The lowest BCUT2D eigenvalue weighted by molar-refractivity contribution is 0.252. The predicted molar refractivity (Wildman–Crippen MR) is 71.4 cm³/mol. The molecule has 17 heavy (non-hydrogen) atoms. The summed E-state index contributed by atoms with van der Waals surface area (Å²) >= 11 is 0. The van der Waals surface area contributed by atoms with E-state index in [2.05, 4.69) is 37.7 Å². The Labute approximate surface area is 106 Å². The summed E-state index contributed by atoms with van der Waals surface area (Å²) < 4.78 is 26.6. The van der Waals surface area contributed by atoms with Crippen LogP contribution < -0.4 is 10.0 Å². The molecule has 1 heterocycles. The molecule has 2 N–H and O–H groups in total. The zero-order valence-corrected chi connectivity index (χ0v) is 12.2. The fourth-order valence-electron chi connectivity index (χ4n) is 1.73. The molecule has 1 aliphatic heterocycles. The van der Waals surface area contributed by atoms with Gasteiger partial charge in [0.05, 0.1) is 5.75 Å². The van der Waals surface area contributed by atoms with E-state index in [0.29, 0.717) is 12.5 Å². The molecular formula is C12H26N2O2S. The Bertz CT molecular complexity index is 330. The van der Waals surface area contributed by atoms with Crippen LogP contribution in [0.1, 0.15) is 34.1 Å². The van der Waals surface area contributed by atoms with Crippen molar-refractivity contribution in [1.82, 2.24) is 10.0 Å². The van der Waals surface area contributed by atoms with Crippen molar-refractivity contribution >= 4 is 10.0 Å². The molecule has 0 aromatic heterocycles. The van der Waals surface area contributed by atoms with Gasteiger partial charge in [0, 0.05) is 6.54 Å². The van der Waals surface area contributed by atoms with E-state index in [1.54, 1.807) is 0 Å². The van der Waals surface area contributed by atoms with Gasteiger partial charge in [-0.05, 0) is 36.8 Å². The Morgan fingerprint density at radius 3 is 2.53 bits per heavy atom. The van der Waals surface area contributed by atoms with Crippen molar-refractivity contribution in [2.75, 3.05) is 25.4 Å². The second-order valence-corrected chi connectivity index (χ2v) is 7.96. The molecule has 0 bridgehead atoms. The van der Waals surface area contributed by atoms with Crippen molar-refractivity contribution in [2.24, 2.45) is 17.3 Å². The molecular weight excluding hydrogens is 236 g/mol. The molecule has 0 aromatic rings. The van der Waals surface area contributed by atoms with Crippen LogP contribution in [0.3, 0.4) is 0 Å². The summed E-state index contributed by atoms with van der Waals surface area (Å²) in [4.78, 5) is 0. The quantitative estimate of drug-likeness (QED) is 0.756. The largest absolute Gasteiger partial charge is 0.316 e. The maximum absolute atomic E-state index is 11.9. The molecule has 1 atom stereocenters. The first kappa shape index (κ1) is 14.9. The fraction of sp³-hybridized carbons (Fsp3) is 1.00. The van der Waals surface area contributed by atoms with Gasteiger partial charge >= 0.3 is 0 Å². The van der Waals surface area contributed by atoms with Gasteiger partial charge in [-0.1, -0.05) is 27.7 Å². The fourth-order valence-corrected chi connectivity index (χ4v) is 3.34. The van der Waals surface area contributed by atoms with Gasteiger partial charge in [-0.3, -0.25) is 0 Å². The van der Waals surface area contributed by atoms with Crippen molar-refractivity contribution in [3.8, 4) is 0 Å². The number of sulfonamides is 1. The highest BCUT2D eigenvalue weighted by Gasteiger charge is 2.27. The maximum atomic E-state index is 11.9. The molecule has 1 unspecified atom stereocenters. The molecule has 1 saturated heterocycles. The van der Waals surface area contributed by atoms with E-state index in [9.17, 15) is 8.42 Å². The van der Waals surface area contributed by atoms with Crippen molar-refractivity contribution in [3.63, 3.8) is 0 Å². The van der Waals surface area contributed by atoms with E-state index in [4.69, 9.17) is 0 Å². The monoisotopic (exact) mass is 262 g/mol. The lowest BCUT2D eigenvalue weighted by atomic mass is 9.81. The average molecular weight is 262 g/mol. The molecule has 0 aliphatic carbocycles. The molecule has 4 nitrogen and oxygen atoms in total. The minimum absolute atomic E-state index is 0.000988. The molecule has 102 valence electrons. The van der Waals surface area contributed by atoms with Gasteiger partial charge in [-0.25, -0.2) is 13.1 Å². The first-order chi connectivity index (χ1) is 7.73. The van der Waals surface area contributed by atoms with Gasteiger partial charge in [0.2, 0.25) is 10.0 Å². The highest BCUT2D eigenvalue weighted by molar-refractivity contribution is 7.89. The van der Waals surface area contributed by atoms with Crippen LogP contribution in [0, 0.1) is 17.3 Å². The van der Waals surface area contributed by atoms with E-state index in [1.165, 1.54) is 0 Å². The van der Waals surface area contributed by atoms with E-state index in [0.717, 1.165) is 19.5 Å². The average Bonchev–Trinajstić information content (AvgIpc) is 2.67. The smallest absolute Gasteiger partial charge is 0.211 e. The van der Waals surface area contributed by atoms with Crippen LogP contribution in [0.4, 0.5) is 0 Å². The molecule has 0 radical (unpaired) electrons. The third kappa shape index (κ3) is 4.94. The number of nitrogens with one attached hydrogen (secondary N) is 2. The van der Waals surface area contributed by atoms with Gasteiger partial charge in [0.15, 0.2) is 0 Å². The van der Waals surface area contributed by atoms with Gasteiger partial charge in [0.1, 0.15) is 0 Å². The topological polar surface area (TPSA) is 58.2 Å². The third-order valence-corrected chi connectivity index (χ3v) is 5.42. The molecule has 0 aromatic carbocycles. The standard InChI is InChI=1S/C12H26N2O2S/c1-10(2)12(3,4)9-14-17(15,16)8-11-5-6-13-7-11/h10-11,13-14H,5-9H2,1-4H3. The number of hydrogen-bond donors (Lipinski definition) is 2. The van der Waals surface area contributed by atoms with Crippen LogP contribution in [-0.4, -0.2) is 33.8 Å². The van der Waals surface area contributed by atoms with Crippen LogP contribution in [0.25, 0.3) is 0 Å². The van der Waals surface area contributed by atoms with Gasteiger partial charge < -0.3 is 5.32 Å². The minimum atomic E-state index is -3.12. The Kier molecular flexibility index (Phi) is 4.98. The van der Waals surface area contributed by atoms with E-state index >= 15 is 0 Å².